The Morgan fingerprint density at radius 3 is 1.00 bits per heavy atom. The molecule has 5 aromatic rings. The summed E-state index contributed by atoms with van der Waals surface area (Å²) in [6, 6.07) is 47.4. The van der Waals surface area contributed by atoms with Crippen LogP contribution < -0.4 is 46.0 Å². The third-order valence-electron chi connectivity index (χ3n) is 6.86. The summed E-state index contributed by atoms with van der Waals surface area (Å²) in [5.41, 5.74) is 5.79. The van der Waals surface area contributed by atoms with E-state index in [1.165, 1.54) is 43.5 Å². The monoisotopic (exact) mass is 681 g/mol. The van der Waals surface area contributed by atoms with E-state index in [0.717, 1.165) is 9.52 Å². The molecule has 217 valence electrons. The van der Waals surface area contributed by atoms with E-state index in [1.54, 1.807) is 0 Å². The summed E-state index contributed by atoms with van der Waals surface area (Å²) >= 11 is 0. The third kappa shape index (κ3) is 9.81. The number of hydrogen-bond acceptors (Lipinski definition) is 0. The van der Waals surface area contributed by atoms with Gasteiger partial charge < -0.3 is 32.2 Å². The zero-order chi connectivity index (χ0) is 26.9. The van der Waals surface area contributed by atoms with Crippen molar-refractivity contribution in [3.05, 3.63) is 157 Å². The predicted octanol–water partition coefficient (Wildman–Crippen LogP) is 2.57. The quantitative estimate of drug-likeness (QED) is 0.141. The minimum Gasteiger partial charge on any atom is -1.00 e. The number of hydrogen-bond donors (Lipinski definition) is 0. The van der Waals surface area contributed by atoms with Gasteiger partial charge in [-0.3, -0.25) is 0 Å². The van der Waals surface area contributed by atoms with E-state index >= 15 is 0 Å². The number of aryl methyl sites for hydroxylation is 1. The van der Waals surface area contributed by atoms with E-state index in [1.807, 2.05) is 0 Å². The topological polar surface area (TPSA) is 0 Å². The number of halogens is 2. The minimum absolute atomic E-state index is 0. The zero-order valence-corrected chi connectivity index (χ0v) is 31.4. The number of benzene rings is 4. The van der Waals surface area contributed by atoms with E-state index in [9.17, 15) is 0 Å². The Kier molecular flexibility index (Phi) is 19.9. The maximum absolute atomic E-state index is 2.48. The number of rotatable bonds is 7. The standard InChI is InChI=1S/C33H31P2.C2H7Si.CH3.2ClH.Ti/c1-25-24-32(27(3)26(25)2)33(34(28-16-8-4-9-17-28)29-18-10-5-11-19-29)35(30-20-12-6-13-21-30)31-22-14-7-15-23-31;1-3-2;;;;/h4-24,33H,1-3H3;3H,1-2H3;1H3;2*1H;/q-1;;-1;;;+4/p-2. The van der Waals surface area contributed by atoms with Crippen molar-refractivity contribution in [3.8, 4) is 0 Å². The second kappa shape index (κ2) is 20.5. The molecule has 0 aliphatic carbocycles. The molecule has 6 heteroatoms. The molecule has 0 aliphatic rings. The Morgan fingerprint density at radius 2 is 0.786 bits per heavy atom. The molecule has 5 rings (SSSR count). The Morgan fingerprint density at radius 1 is 0.524 bits per heavy atom. The average molecular weight is 683 g/mol. The van der Waals surface area contributed by atoms with Gasteiger partial charge in [-0.05, 0) is 37.1 Å². The normalized spacial score (nSPS) is 10.0. The van der Waals surface area contributed by atoms with E-state index < -0.39 is 15.8 Å². The molecule has 0 unspecified atom stereocenters. The molecular weight excluding hydrogens is 641 g/mol. The zero-order valence-electron chi connectivity index (χ0n) is 25.4. The first-order valence-corrected chi connectivity index (χ1v) is 18.5. The fourth-order valence-electron chi connectivity index (χ4n) is 4.84. The van der Waals surface area contributed by atoms with Crippen LogP contribution in [0.2, 0.25) is 13.1 Å². The molecule has 0 aliphatic heterocycles. The molecule has 0 bridgehead atoms. The average Bonchev–Trinajstić information content (AvgIpc) is 3.22. The van der Waals surface area contributed by atoms with Gasteiger partial charge in [-0.25, -0.2) is 0 Å². The van der Waals surface area contributed by atoms with Crippen molar-refractivity contribution in [2.24, 2.45) is 0 Å². The van der Waals surface area contributed by atoms with Crippen LogP contribution in [0.25, 0.3) is 0 Å². The summed E-state index contributed by atoms with van der Waals surface area (Å²) in [7, 11) is -0.577. The molecular formula is C36H41Cl2P2SiTi. The molecule has 0 saturated heterocycles. The third-order valence-corrected chi connectivity index (χ3v) is 13.2. The van der Waals surface area contributed by atoms with Gasteiger partial charge in [-0.2, -0.15) is 28.3 Å². The van der Waals surface area contributed by atoms with Gasteiger partial charge in [0.1, 0.15) is 0 Å². The van der Waals surface area contributed by atoms with Crippen LogP contribution >= 0.6 is 15.8 Å². The Balaban J connectivity index is 0.00000231. The molecule has 0 atom stereocenters. The molecule has 0 aromatic heterocycles. The van der Waals surface area contributed by atoms with Crippen LogP contribution in [-0.2, 0) is 21.7 Å². The van der Waals surface area contributed by atoms with Crippen molar-refractivity contribution in [1.29, 1.82) is 0 Å². The summed E-state index contributed by atoms with van der Waals surface area (Å²) in [4.78, 5) is 0. The maximum Gasteiger partial charge on any atom is 4.00 e. The molecule has 0 amide bonds. The smallest absolute Gasteiger partial charge is 1.00 e. The molecule has 5 aromatic carbocycles. The van der Waals surface area contributed by atoms with Gasteiger partial charge in [-0.1, -0.05) is 155 Å². The van der Waals surface area contributed by atoms with Crippen LogP contribution in [0.1, 0.15) is 27.7 Å². The molecule has 0 fully saturated rings. The summed E-state index contributed by atoms with van der Waals surface area (Å²) in [6.07, 6.45) is 0. The fourth-order valence-corrected chi connectivity index (χ4v) is 12.2. The maximum atomic E-state index is 2.48. The van der Waals surface area contributed by atoms with Gasteiger partial charge in [0.25, 0.3) is 0 Å². The Labute approximate surface area is 287 Å². The minimum atomic E-state index is -0.664. The Bertz CT molecular complexity index is 1240. The van der Waals surface area contributed by atoms with E-state index in [4.69, 9.17) is 0 Å². The van der Waals surface area contributed by atoms with Crippen LogP contribution in [0.4, 0.5) is 0 Å². The molecule has 0 N–H and O–H groups in total. The first-order chi connectivity index (χ1) is 18.6. The summed E-state index contributed by atoms with van der Waals surface area (Å²) in [6.45, 7) is 11.3. The first kappa shape index (κ1) is 40.6. The SMILES string of the molecule is C[SiH]C.Cc1[cH-]c(C(P(c2ccccc2)c2ccccc2)P(c2ccccc2)c2ccccc2)c(C)c1C.[CH3-].[Cl-].[Cl-].[Ti+4]. The second-order valence-corrected chi connectivity index (χ2v) is 15.7. The molecule has 0 saturated carbocycles. The van der Waals surface area contributed by atoms with Crippen LogP contribution in [0.15, 0.2) is 127 Å². The summed E-state index contributed by atoms with van der Waals surface area (Å²) < 4.78 is 0. The van der Waals surface area contributed by atoms with Crippen LogP contribution in [0.3, 0.4) is 0 Å². The molecule has 0 heterocycles. The van der Waals surface area contributed by atoms with E-state index in [2.05, 4.69) is 161 Å². The van der Waals surface area contributed by atoms with Gasteiger partial charge in [-0.15, -0.1) is 0 Å². The Hall–Kier alpha value is -1.40. The second-order valence-electron chi connectivity index (χ2n) is 9.57. The van der Waals surface area contributed by atoms with Crippen molar-refractivity contribution in [1.82, 2.24) is 0 Å². The van der Waals surface area contributed by atoms with Crippen molar-refractivity contribution in [3.63, 3.8) is 0 Å². The summed E-state index contributed by atoms with van der Waals surface area (Å²) in [5, 5.41) is 6.12. The van der Waals surface area contributed by atoms with Crippen LogP contribution in [-0.4, -0.2) is 9.52 Å². The van der Waals surface area contributed by atoms with Crippen molar-refractivity contribution < 1.29 is 46.5 Å². The largest absolute Gasteiger partial charge is 4.00 e. The van der Waals surface area contributed by atoms with Gasteiger partial charge in [0, 0.05) is 14.9 Å². The molecule has 0 nitrogen and oxygen atoms in total. The van der Waals surface area contributed by atoms with Gasteiger partial charge in [0.05, 0.1) is 0 Å². The van der Waals surface area contributed by atoms with Gasteiger partial charge >= 0.3 is 21.7 Å². The summed E-state index contributed by atoms with van der Waals surface area (Å²) in [5.74, 6) is 0. The van der Waals surface area contributed by atoms with E-state index in [0.29, 0.717) is 5.40 Å². The fraction of sp³-hybridized carbons (Fsp3) is 0.167. The van der Waals surface area contributed by atoms with Gasteiger partial charge in [0.2, 0.25) is 0 Å². The van der Waals surface area contributed by atoms with Crippen molar-refractivity contribution >= 4 is 46.6 Å². The van der Waals surface area contributed by atoms with Crippen molar-refractivity contribution in [2.45, 2.75) is 39.3 Å². The molecule has 42 heavy (non-hydrogen) atoms. The predicted molar refractivity (Wildman–Crippen MR) is 182 cm³/mol. The van der Waals surface area contributed by atoms with Crippen LogP contribution in [0, 0.1) is 28.2 Å². The van der Waals surface area contributed by atoms with Crippen molar-refractivity contribution in [2.75, 3.05) is 0 Å². The molecule has 0 spiro atoms. The first-order valence-electron chi connectivity index (χ1n) is 13.3. The van der Waals surface area contributed by atoms with Gasteiger partial charge in [0.15, 0.2) is 0 Å². The van der Waals surface area contributed by atoms with E-state index in [-0.39, 0.29) is 54.0 Å². The molecule has 1 radical (unpaired) electrons. The van der Waals surface area contributed by atoms with Crippen LogP contribution in [0.5, 0.6) is 0 Å².